The van der Waals surface area contributed by atoms with Gasteiger partial charge in [-0.25, -0.2) is 0 Å². The molecule has 5 nitrogen and oxygen atoms in total. The van der Waals surface area contributed by atoms with Crippen molar-refractivity contribution >= 4 is 29.9 Å². The Morgan fingerprint density at radius 2 is 1.77 bits per heavy atom. The molecular formula is C17H35F3IN5. The highest BCUT2D eigenvalue weighted by Crippen LogP contribution is 2.15. The summed E-state index contributed by atoms with van der Waals surface area (Å²) in [6.07, 6.45) is 2.11. The molecule has 156 valence electrons. The van der Waals surface area contributed by atoms with Crippen molar-refractivity contribution in [2.75, 3.05) is 59.4 Å². The first kappa shape index (κ1) is 25.7. The van der Waals surface area contributed by atoms with E-state index in [2.05, 4.69) is 20.5 Å². The van der Waals surface area contributed by atoms with Gasteiger partial charge in [-0.2, -0.15) is 13.2 Å². The molecule has 0 bridgehead atoms. The SMILES string of the molecule is CCNC(=NCCCN1CCCCCC1)NCCN(C)CC(F)(F)F.I. The van der Waals surface area contributed by atoms with Crippen molar-refractivity contribution in [2.24, 2.45) is 4.99 Å². The zero-order chi connectivity index (χ0) is 18.5. The second kappa shape index (κ2) is 14.7. The summed E-state index contributed by atoms with van der Waals surface area (Å²) in [6, 6.07) is 0. The summed E-state index contributed by atoms with van der Waals surface area (Å²) >= 11 is 0. The van der Waals surface area contributed by atoms with Crippen molar-refractivity contribution < 1.29 is 13.2 Å². The standard InChI is InChI=1S/C17H34F3N5.HI/c1-3-21-16(23-10-14-24(2)15-17(18,19)20)22-9-8-13-25-11-6-4-5-7-12-25;/h3-15H2,1-2H3,(H2,21,22,23);1H. The molecule has 1 aliphatic rings. The fourth-order valence-electron chi connectivity index (χ4n) is 2.94. The number of likely N-dealkylation sites (tertiary alicyclic amines) is 1. The predicted octanol–water partition coefficient (Wildman–Crippen LogP) is 2.92. The van der Waals surface area contributed by atoms with Crippen molar-refractivity contribution in [3.8, 4) is 0 Å². The van der Waals surface area contributed by atoms with Crippen molar-refractivity contribution in [1.82, 2.24) is 20.4 Å². The molecule has 1 heterocycles. The largest absolute Gasteiger partial charge is 0.401 e. The molecule has 0 aliphatic carbocycles. The molecule has 0 atom stereocenters. The first-order valence-electron chi connectivity index (χ1n) is 9.40. The maximum Gasteiger partial charge on any atom is 0.401 e. The Balaban J connectivity index is 0.00000625. The Morgan fingerprint density at radius 3 is 2.35 bits per heavy atom. The summed E-state index contributed by atoms with van der Waals surface area (Å²) in [7, 11) is 1.47. The highest BCUT2D eigenvalue weighted by Gasteiger charge is 2.28. The van der Waals surface area contributed by atoms with Crippen LogP contribution < -0.4 is 10.6 Å². The number of alkyl halides is 3. The van der Waals surface area contributed by atoms with Gasteiger partial charge in [-0.3, -0.25) is 9.89 Å². The van der Waals surface area contributed by atoms with Crippen molar-refractivity contribution in [3.63, 3.8) is 0 Å². The average Bonchev–Trinajstić information content (AvgIpc) is 2.78. The maximum atomic E-state index is 12.3. The number of nitrogens with one attached hydrogen (secondary N) is 2. The monoisotopic (exact) mass is 493 g/mol. The van der Waals surface area contributed by atoms with Crippen LogP contribution in [-0.2, 0) is 0 Å². The molecule has 26 heavy (non-hydrogen) atoms. The molecule has 1 aliphatic heterocycles. The third-order valence-corrected chi connectivity index (χ3v) is 4.18. The summed E-state index contributed by atoms with van der Waals surface area (Å²) in [5, 5.41) is 6.24. The van der Waals surface area contributed by atoms with Gasteiger partial charge in [-0.05, 0) is 52.9 Å². The number of aliphatic imine (C=N–C) groups is 1. The van der Waals surface area contributed by atoms with Gasteiger partial charge < -0.3 is 15.5 Å². The fourth-order valence-corrected chi connectivity index (χ4v) is 2.94. The Kier molecular flexibility index (Phi) is 14.6. The van der Waals surface area contributed by atoms with Gasteiger partial charge in [0.25, 0.3) is 0 Å². The third kappa shape index (κ3) is 13.9. The number of nitrogens with zero attached hydrogens (tertiary/aromatic N) is 3. The van der Waals surface area contributed by atoms with Crippen LogP contribution in [-0.4, -0.2) is 81.3 Å². The van der Waals surface area contributed by atoms with E-state index in [0.717, 1.165) is 26.1 Å². The zero-order valence-corrected chi connectivity index (χ0v) is 18.4. The van der Waals surface area contributed by atoms with Crippen LogP contribution in [0.4, 0.5) is 13.2 Å². The van der Waals surface area contributed by atoms with E-state index in [-0.39, 0.29) is 24.0 Å². The van der Waals surface area contributed by atoms with E-state index in [0.29, 0.717) is 19.0 Å². The van der Waals surface area contributed by atoms with Crippen LogP contribution in [0.15, 0.2) is 4.99 Å². The summed E-state index contributed by atoms with van der Waals surface area (Å²) < 4.78 is 36.9. The van der Waals surface area contributed by atoms with E-state index in [1.54, 1.807) is 0 Å². The van der Waals surface area contributed by atoms with Gasteiger partial charge in [0.15, 0.2) is 5.96 Å². The number of likely N-dealkylation sites (N-methyl/N-ethyl adjacent to an activating group) is 1. The maximum absolute atomic E-state index is 12.3. The van der Waals surface area contributed by atoms with Gasteiger partial charge in [0.05, 0.1) is 6.54 Å². The second-order valence-corrected chi connectivity index (χ2v) is 6.65. The number of halogens is 4. The third-order valence-electron chi connectivity index (χ3n) is 4.18. The normalized spacial score (nSPS) is 16.9. The van der Waals surface area contributed by atoms with Gasteiger partial charge in [-0.1, -0.05) is 12.8 Å². The first-order chi connectivity index (χ1) is 11.9. The summed E-state index contributed by atoms with van der Waals surface area (Å²) in [5.41, 5.74) is 0. The molecule has 0 unspecified atom stereocenters. The molecule has 0 saturated carbocycles. The highest BCUT2D eigenvalue weighted by molar-refractivity contribution is 14.0. The molecular weight excluding hydrogens is 458 g/mol. The number of rotatable bonds is 9. The van der Waals surface area contributed by atoms with Crippen molar-refractivity contribution in [2.45, 2.75) is 45.2 Å². The molecule has 0 aromatic carbocycles. The number of hydrogen-bond acceptors (Lipinski definition) is 3. The summed E-state index contributed by atoms with van der Waals surface area (Å²) in [4.78, 5) is 8.29. The minimum absolute atomic E-state index is 0. The molecule has 0 spiro atoms. The zero-order valence-electron chi connectivity index (χ0n) is 16.1. The minimum atomic E-state index is -4.15. The predicted molar refractivity (Wildman–Crippen MR) is 112 cm³/mol. The highest BCUT2D eigenvalue weighted by atomic mass is 127. The van der Waals surface area contributed by atoms with Crippen LogP contribution >= 0.6 is 24.0 Å². The number of hydrogen-bond donors (Lipinski definition) is 2. The second-order valence-electron chi connectivity index (χ2n) is 6.65. The van der Waals surface area contributed by atoms with E-state index in [9.17, 15) is 13.2 Å². The molecule has 2 N–H and O–H groups in total. The number of guanidine groups is 1. The smallest absolute Gasteiger partial charge is 0.357 e. The molecule has 0 aromatic rings. The van der Waals surface area contributed by atoms with Crippen LogP contribution in [0.3, 0.4) is 0 Å². The van der Waals surface area contributed by atoms with E-state index in [4.69, 9.17) is 0 Å². The Morgan fingerprint density at radius 1 is 1.12 bits per heavy atom. The van der Waals surface area contributed by atoms with Crippen LogP contribution in [0, 0.1) is 0 Å². The van der Waals surface area contributed by atoms with Crippen LogP contribution in [0.25, 0.3) is 0 Å². The summed E-state index contributed by atoms with van der Waals surface area (Å²) in [5.74, 6) is 0.679. The minimum Gasteiger partial charge on any atom is -0.357 e. The average molecular weight is 493 g/mol. The lowest BCUT2D eigenvalue weighted by Gasteiger charge is -2.20. The molecule has 1 fully saturated rings. The van der Waals surface area contributed by atoms with Gasteiger partial charge in [0, 0.05) is 26.2 Å². The van der Waals surface area contributed by atoms with Crippen LogP contribution in [0.1, 0.15) is 39.0 Å². The van der Waals surface area contributed by atoms with Gasteiger partial charge >= 0.3 is 6.18 Å². The lowest BCUT2D eigenvalue weighted by Crippen LogP contribution is -2.42. The lowest BCUT2D eigenvalue weighted by atomic mass is 10.2. The van der Waals surface area contributed by atoms with Gasteiger partial charge in [0.1, 0.15) is 0 Å². The van der Waals surface area contributed by atoms with Crippen LogP contribution in [0.5, 0.6) is 0 Å². The van der Waals surface area contributed by atoms with E-state index >= 15 is 0 Å². The van der Waals surface area contributed by atoms with Crippen LogP contribution in [0.2, 0.25) is 0 Å². The van der Waals surface area contributed by atoms with Crippen molar-refractivity contribution in [1.29, 1.82) is 0 Å². The molecule has 9 heteroatoms. The lowest BCUT2D eigenvalue weighted by molar-refractivity contribution is -0.142. The quantitative estimate of drug-likeness (QED) is 0.225. The molecule has 0 radical (unpaired) electrons. The van der Waals surface area contributed by atoms with Gasteiger partial charge in [-0.15, -0.1) is 24.0 Å². The van der Waals surface area contributed by atoms with Crippen molar-refractivity contribution in [3.05, 3.63) is 0 Å². The van der Waals surface area contributed by atoms with E-state index in [1.807, 2.05) is 6.92 Å². The molecule has 1 saturated heterocycles. The molecule has 0 aromatic heterocycles. The Bertz CT molecular complexity index is 372. The molecule has 0 amide bonds. The van der Waals surface area contributed by atoms with Gasteiger partial charge in [0.2, 0.25) is 0 Å². The Labute approximate surface area is 173 Å². The Hall–Kier alpha value is -0.290. The topological polar surface area (TPSA) is 42.9 Å². The van der Waals surface area contributed by atoms with E-state index in [1.165, 1.54) is 50.7 Å². The fraction of sp³-hybridized carbons (Fsp3) is 0.941. The molecule has 1 rings (SSSR count). The van der Waals surface area contributed by atoms with E-state index < -0.39 is 12.7 Å². The first-order valence-corrected chi connectivity index (χ1v) is 9.40. The summed E-state index contributed by atoms with van der Waals surface area (Å²) in [6.45, 7) is 6.74.